The molecule has 1 aromatic carbocycles. The third kappa shape index (κ3) is 6.23. The van der Waals surface area contributed by atoms with E-state index in [1.165, 1.54) is 0 Å². The second-order valence-electron chi connectivity index (χ2n) is 1.81. The van der Waals surface area contributed by atoms with Crippen LogP contribution in [0.3, 0.4) is 0 Å². The quantitative estimate of drug-likeness (QED) is 0.505. The van der Waals surface area contributed by atoms with Gasteiger partial charge in [-0.25, -0.2) is 0 Å². The Morgan fingerprint density at radius 1 is 1.21 bits per heavy atom. The van der Waals surface area contributed by atoms with Crippen molar-refractivity contribution in [1.82, 2.24) is 6.15 Å². The Morgan fingerprint density at radius 2 is 1.71 bits per heavy atom. The molecule has 0 bridgehead atoms. The third-order valence-electron chi connectivity index (χ3n) is 1.23. The topological polar surface area (TPSA) is 68.0 Å². The third-order valence-corrected chi connectivity index (χ3v) is 1.23. The molecule has 0 spiro atoms. The second-order valence-corrected chi connectivity index (χ2v) is 1.81. The maximum atomic E-state index is 8.52. The number of rotatable bonds is 1. The van der Waals surface area contributed by atoms with Crippen molar-refractivity contribution in [2.45, 2.75) is 0 Å². The van der Waals surface area contributed by atoms with Crippen molar-refractivity contribution in [2.75, 3.05) is 7.11 Å². The Kier molecular flexibility index (Phi) is 21.4. The van der Waals surface area contributed by atoms with Gasteiger partial charge in [0.1, 0.15) is 11.8 Å². The van der Waals surface area contributed by atoms with E-state index in [-0.39, 0.29) is 52.0 Å². The molecular weight excluding hydrogens is 406 g/mol. The number of hydrogen-bond acceptors (Lipinski definition) is 3. The minimum atomic E-state index is 0. The van der Waals surface area contributed by atoms with Crippen molar-refractivity contribution in [3.05, 3.63) is 29.8 Å². The van der Waals surface area contributed by atoms with Crippen LogP contribution in [0, 0.1) is 11.3 Å². The fourth-order valence-electron chi connectivity index (χ4n) is 0.737. The van der Waals surface area contributed by atoms with Crippen LogP contribution in [0.5, 0.6) is 5.75 Å². The summed E-state index contributed by atoms with van der Waals surface area (Å²) < 4.78 is 4.91. The number of nitriles is 1. The van der Waals surface area contributed by atoms with Gasteiger partial charge in [-0.1, -0.05) is 12.1 Å². The normalized spacial score (nSPS) is 6.00. The molecule has 0 fully saturated rings. The second kappa shape index (κ2) is 12.7. The van der Waals surface area contributed by atoms with Gasteiger partial charge >= 0.3 is 21.1 Å². The summed E-state index contributed by atoms with van der Waals surface area (Å²) in [5.74, 6) is 0.630. The average molecular weight is 416 g/mol. The van der Waals surface area contributed by atoms with Gasteiger partial charge in [0, 0.05) is 0 Å². The zero-order valence-electron chi connectivity index (χ0n) is 7.44. The van der Waals surface area contributed by atoms with Crippen molar-refractivity contribution in [3.63, 3.8) is 0 Å². The minimum absolute atomic E-state index is 0. The zero-order chi connectivity index (χ0) is 7.40. The van der Waals surface area contributed by atoms with Crippen LogP contribution in [0.25, 0.3) is 0 Å². The molecule has 0 unspecified atom stereocenters. The van der Waals surface area contributed by atoms with Gasteiger partial charge in [0.25, 0.3) is 0 Å². The fraction of sp³-hybridized carbons (Fsp3) is 0.125. The molecule has 0 heterocycles. The molecule has 0 atom stereocenters. The Hall–Kier alpha value is -0.262. The Bertz CT molecular complexity index is 278. The number of methoxy groups -OCH3 is 1. The summed E-state index contributed by atoms with van der Waals surface area (Å²) in [6, 6.07) is 9.14. The van der Waals surface area contributed by atoms with E-state index in [0.717, 1.165) is 0 Å². The van der Waals surface area contributed by atoms with E-state index in [1.54, 1.807) is 25.3 Å². The monoisotopic (exact) mass is 415 g/mol. The SMILES string of the molecule is COc1ccccc1C#N.N.[Cl-].[Cl-].[Pt+4]. The van der Waals surface area contributed by atoms with Gasteiger partial charge < -0.3 is 35.7 Å². The Labute approximate surface area is 110 Å². The molecule has 0 aromatic heterocycles. The van der Waals surface area contributed by atoms with Crippen LogP contribution in [0.1, 0.15) is 5.56 Å². The summed E-state index contributed by atoms with van der Waals surface area (Å²) in [6.07, 6.45) is 0. The van der Waals surface area contributed by atoms with E-state index in [9.17, 15) is 0 Å². The van der Waals surface area contributed by atoms with Crippen molar-refractivity contribution in [3.8, 4) is 11.8 Å². The Balaban J connectivity index is -0.000000125. The van der Waals surface area contributed by atoms with Crippen LogP contribution in [0.4, 0.5) is 0 Å². The number of ether oxygens (including phenoxy) is 1. The molecule has 0 radical (unpaired) electrons. The van der Waals surface area contributed by atoms with Gasteiger partial charge in [-0.05, 0) is 12.1 Å². The van der Waals surface area contributed by atoms with Gasteiger partial charge in [-0.15, -0.1) is 0 Å². The zero-order valence-corrected chi connectivity index (χ0v) is 11.2. The molecule has 3 N–H and O–H groups in total. The summed E-state index contributed by atoms with van der Waals surface area (Å²) in [4.78, 5) is 0. The number of hydrogen-bond donors (Lipinski definition) is 1. The van der Waals surface area contributed by atoms with E-state index in [1.807, 2.05) is 12.1 Å². The smallest absolute Gasteiger partial charge is 1.00 e. The van der Waals surface area contributed by atoms with Gasteiger partial charge in [-0.2, -0.15) is 5.26 Å². The number of halogens is 2. The molecule has 1 rings (SSSR count). The van der Waals surface area contributed by atoms with E-state index in [4.69, 9.17) is 10.00 Å². The maximum Gasteiger partial charge on any atom is 4.00 e. The van der Waals surface area contributed by atoms with Crippen molar-refractivity contribution in [1.29, 1.82) is 5.26 Å². The van der Waals surface area contributed by atoms with Crippen LogP contribution >= 0.6 is 0 Å². The van der Waals surface area contributed by atoms with Gasteiger partial charge in [0.05, 0.1) is 12.7 Å². The largest absolute Gasteiger partial charge is 4.00 e. The van der Waals surface area contributed by atoms with Crippen LogP contribution in [-0.4, -0.2) is 7.11 Å². The standard InChI is InChI=1S/C8H7NO.2ClH.H3N.Pt/c1-10-8-5-3-2-4-7(8)6-9;;;;/h2-5H,1H3;2*1H;1H3;/q;;;;+4/p-2. The van der Waals surface area contributed by atoms with Gasteiger partial charge in [0.15, 0.2) is 0 Å². The first kappa shape index (κ1) is 23.5. The molecule has 0 aliphatic heterocycles. The first-order valence-corrected chi connectivity index (χ1v) is 2.91. The summed E-state index contributed by atoms with van der Waals surface area (Å²) in [5.41, 5.74) is 0.574. The molecule has 0 aliphatic carbocycles. The first-order chi connectivity index (χ1) is 4.88. The molecule has 80 valence electrons. The predicted octanol–water partition coefficient (Wildman–Crippen LogP) is -4.27. The molecule has 0 saturated heterocycles. The number of para-hydroxylation sites is 1. The molecule has 1 aromatic rings. The first-order valence-electron chi connectivity index (χ1n) is 2.91. The molecular formula is C8H10Cl2N2OPt+2. The Morgan fingerprint density at radius 3 is 2.07 bits per heavy atom. The van der Waals surface area contributed by atoms with E-state index >= 15 is 0 Å². The number of benzene rings is 1. The predicted molar refractivity (Wildman–Crippen MR) is 42.7 cm³/mol. The maximum absolute atomic E-state index is 8.52. The summed E-state index contributed by atoms with van der Waals surface area (Å²) >= 11 is 0. The van der Waals surface area contributed by atoms with Crippen molar-refractivity contribution in [2.24, 2.45) is 0 Å². The van der Waals surface area contributed by atoms with E-state index in [2.05, 4.69) is 0 Å². The van der Waals surface area contributed by atoms with Gasteiger partial charge in [0.2, 0.25) is 0 Å². The average Bonchev–Trinajstić information content (AvgIpc) is 2.04. The number of nitrogens with zero attached hydrogens (tertiary/aromatic N) is 1. The molecule has 6 heteroatoms. The molecule has 3 nitrogen and oxygen atoms in total. The van der Waals surface area contributed by atoms with Gasteiger partial charge in [-0.3, -0.25) is 0 Å². The summed E-state index contributed by atoms with van der Waals surface area (Å²) in [5, 5.41) is 8.52. The summed E-state index contributed by atoms with van der Waals surface area (Å²) in [7, 11) is 1.55. The van der Waals surface area contributed by atoms with Crippen molar-refractivity contribution >= 4 is 0 Å². The molecule has 14 heavy (non-hydrogen) atoms. The van der Waals surface area contributed by atoms with E-state index in [0.29, 0.717) is 11.3 Å². The van der Waals surface area contributed by atoms with Crippen LogP contribution < -0.4 is 35.7 Å². The van der Waals surface area contributed by atoms with Crippen molar-refractivity contribution < 1.29 is 50.6 Å². The molecule has 0 aliphatic rings. The van der Waals surface area contributed by atoms with Crippen LogP contribution in [0.15, 0.2) is 24.3 Å². The molecule has 0 saturated carbocycles. The fourth-order valence-corrected chi connectivity index (χ4v) is 0.737. The summed E-state index contributed by atoms with van der Waals surface area (Å²) in [6.45, 7) is 0. The molecule has 0 amide bonds. The van der Waals surface area contributed by atoms with E-state index < -0.39 is 0 Å². The van der Waals surface area contributed by atoms with Crippen LogP contribution in [-0.2, 0) is 21.1 Å². The van der Waals surface area contributed by atoms with Crippen LogP contribution in [0.2, 0.25) is 0 Å². The minimum Gasteiger partial charge on any atom is -1.00 e.